The van der Waals surface area contributed by atoms with E-state index in [0.29, 0.717) is 17.3 Å². The first-order valence-electron chi connectivity index (χ1n) is 8.37. The van der Waals surface area contributed by atoms with E-state index in [1.807, 2.05) is 36.4 Å². The number of hydrogen-bond donors (Lipinski definition) is 1. The highest BCUT2D eigenvalue weighted by molar-refractivity contribution is 6.30. The van der Waals surface area contributed by atoms with Crippen LogP contribution in [-0.4, -0.2) is 25.6 Å². The molecule has 2 aromatic carbocycles. The van der Waals surface area contributed by atoms with Gasteiger partial charge in [-0.05, 0) is 36.6 Å². The Bertz CT molecular complexity index is 800. The number of methoxy groups -OCH3 is 1. The van der Waals surface area contributed by atoms with Gasteiger partial charge in [0.15, 0.2) is 6.61 Å². The van der Waals surface area contributed by atoms with E-state index in [1.165, 1.54) is 0 Å². The zero-order valence-electron chi connectivity index (χ0n) is 14.5. The zero-order chi connectivity index (χ0) is 18.6. The lowest BCUT2D eigenvalue weighted by molar-refractivity contribution is -0.151. The van der Waals surface area contributed by atoms with Gasteiger partial charge >= 0.3 is 5.97 Å². The zero-order valence-corrected chi connectivity index (χ0v) is 15.2. The smallest absolute Gasteiger partial charge is 0.317 e. The normalized spacial score (nSPS) is 14.4. The van der Waals surface area contributed by atoms with Crippen molar-refractivity contribution < 1.29 is 19.1 Å². The van der Waals surface area contributed by atoms with Gasteiger partial charge in [0, 0.05) is 17.1 Å². The van der Waals surface area contributed by atoms with E-state index in [1.54, 1.807) is 19.2 Å². The van der Waals surface area contributed by atoms with E-state index in [2.05, 4.69) is 5.32 Å². The van der Waals surface area contributed by atoms with Crippen molar-refractivity contribution in [2.45, 2.75) is 24.8 Å². The van der Waals surface area contributed by atoms with E-state index < -0.39 is 5.41 Å². The van der Waals surface area contributed by atoms with Crippen molar-refractivity contribution in [2.75, 3.05) is 13.7 Å². The molecule has 0 spiro atoms. The van der Waals surface area contributed by atoms with Gasteiger partial charge in [-0.15, -0.1) is 0 Å². The summed E-state index contributed by atoms with van der Waals surface area (Å²) in [5.74, 6) is -0.0205. The van der Waals surface area contributed by atoms with Crippen LogP contribution in [0.3, 0.4) is 0 Å². The molecule has 0 bridgehead atoms. The number of ether oxygens (including phenoxy) is 2. The monoisotopic (exact) mass is 373 g/mol. The first-order valence-corrected chi connectivity index (χ1v) is 8.75. The molecule has 1 amide bonds. The second-order valence-electron chi connectivity index (χ2n) is 6.25. The molecule has 0 saturated heterocycles. The lowest BCUT2D eigenvalue weighted by atomic mass is 9.96. The van der Waals surface area contributed by atoms with Gasteiger partial charge in [0.25, 0.3) is 5.91 Å². The van der Waals surface area contributed by atoms with Crippen LogP contribution >= 0.6 is 11.6 Å². The molecule has 0 heterocycles. The Kier molecular flexibility index (Phi) is 5.47. The van der Waals surface area contributed by atoms with Gasteiger partial charge in [0.1, 0.15) is 5.75 Å². The summed E-state index contributed by atoms with van der Waals surface area (Å²) < 4.78 is 10.5. The molecule has 6 heteroatoms. The van der Waals surface area contributed by atoms with Crippen molar-refractivity contribution >= 4 is 23.5 Å². The van der Waals surface area contributed by atoms with Crippen molar-refractivity contribution in [2.24, 2.45) is 0 Å². The number of nitrogens with one attached hydrogen (secondary N) is 1. The van der Waals surface area contributed by atoms with Crippen LogP contribution in [0.25, 0.3) is 0 Å². The fraction of sp³-hybridized carbons (Fsp3) is 0.300. The van der Waals surface area contributed by atoms with Crippen molar-refractivity contribution in [3.05, 3.63) is 64.7 Å². The predicted molar refractivity (Wildman–Crippen MR) is 98.2 cm³/mol. The summed E-state index contributed by atoms with van der Waals surface area (Å²) in [6.07, 6.45) is 1.44. The third kappa shape index (κ3) is 3.99. The van der Waals surface area contributed by atoms with Crippen molar-refractivity contribution in [1.82, 2.24) is 5.32 Å². The molecule has 1 saturated carbocycles. The highest BCUT2D eigenvalue weighted by atomic mass is 35.5. The van der Waals surface area contributed by atoms with E-state index in [0.717, 1.165) is 24.0 Å². The molecule has 0 aromatic heterocycles. The fourth-order valence-corrected chi connectivity index (χ4v) is 2.99. The van der Waals surface area contributed by atoms with Gasteiger partial charge in [-0.25, -0.2) is 0 Å². The van der Waals surface area contributed by atoms with Crippen LogP contribution in [0.1, 0.15) is 24.0 Å². The second-order valence-corrected chi connectivity index (χ2v) is 6.69. The Balaban J connectivity index is 1.51. The largest absolute Gasteiger partial charge is 0.496 e. The van der Waals surface area contributed by atoms with Crippen molar-refractivity contribution in [1.29, 1.82) is 0 Å². The molecular weight excluding hydrogens is 354 g/mol. The van der Waals surface area contributed by atoms with Crippen molar-refractivity contribution in [3.63, 3.8) is 0 Å². The van der Waals surface area contributed by atoms with Crippen LogP contribution in [0.4, 0.5) is 0 Å². The molecule has 1 fully saturated rings. The summed E-state index contributed by atoms with van der Waals surface area (Å²) in [4.78, 5) is 24.4. The number of esters is 1. The Labute approximate surface area is 157 Å². The molecular formula is C20H20ClNO4. The number of para-hydroxylation sites is 1. The number of carbonyl (C=O) groups is 2. The number of amides is 1. The average molecular weight is 374 g/mol. The van der Waals surface area contributed by atoms with Gasteiger partial charge in [-0.1, -0.05) is 41.9 Å². The molecule has 0 aliphatic heterocycles. The standard InChI is InChI=1S/C20H20ClNO4/c1-25-17-5-3-2-4-14(17)12-22-18(23)13-26-19(24)20(10-11-20)15-6-8-16(21)9-7-15/h2-9H,10-13H2,1H3,(H,22,23). The summed E-state index contributed by atoms with van der Waals surface area (Å²) in [6, 6.07) is 14.6. The summed E-state index contributed by atoms with van der Waals surface area (Å²) in [6.45, 7) is 0.00600. The lowest BCUT2D eigenvalue weighted by Crippen LogP contribution is -2.31. The molecule has 5 nitrogen and oxygen atoms in total. The van der Waals surface area contributed by atoms with Crippen LogP contribution in [0.2, 0.25) is 5.02 Å². The quantitative estimate of drug-likeness (QED) is 0.757. The maximum Gasteiger partial charge on any atom is 0.317 e. The minimum Gasteiger partial charge on any atom is -0.496 e. The third-order valence-corrected chi connectivity index (χ3v) is 4.79. The van der Waals surface area contributed by atoms with Gasteiger partial charge in [-0.3, -0.25) is 9.59 Å². The molecule has 3 rings (SSSR count). The Morgan fingerprint density at radius 2 is 1.81 bits per heavy atom. The predicted octanol–water partition coefficient (Wildman–Crippen LogP) is 3.24. The van der Waals surface area contributed by atoms with Gasteiger partial charge in [0.2, 0.25) is 0 Å². The highest BCUT2D eigenvalue weighted by Gasteiger charge is 2.52. The van der Waals surface area contributed by atoms with Crippen molar-refractivity contribution in [3.8, 4) is 5.75 Å². The summed E-state index contributed by atoms with van der Waals surface area (Å²) in [7, 11) is 1.58. The van der Waals surface area contributed by atoms with Crippen LogP contribution in [0.5, 0.6) is 5.75 Å². The number of benzene rings is 2. The van der Waals surface area contributed by atoms with Crippen LogP contribution < -0.4 is 10.1 Å². The molecule has 1 aliphatic rings. The van der Waals surface area contributed by atoms with E-state index in [9.17, 15) is 9.59 Å². The van der Waals surface area contributed by atoms with E-state index in [4.69, 9.17) is 21.1 Å². The minimum atomic E-state index is -0.631. The fourth-order valence-electron chi connectivity index (χ4n) is 2.87. The van der Waals surface area contributed by atoms with Crippen LogP contribution in [0, 0.1) is 0 Å². The number of hydrogen-bond acceptors (Lipinski definition) is 4. The van der Waals surface area contributed by atoms with Gasteiger partial charge in [0.05, 0.1) is 12.5 Å². The Morgan fingerprint density at radius 1 is 1.12 bits per heavy atom. The molecule has 0 atom stereocenters. The Hall–Kier alpha value is -2.53. The maximum atomic E-state index is 12.4. The molecule has 26 heavy (non-hydrogen) atoms. The number of rotatable bonds is 7. The molecule has 1 aliphatic carbocycles. The summed E-state index contributed by atoms with van der Waals surface area (Å²) >= 11 is 5.89. The van der Waals surface area contributed by atoms with Crippen LogP contribution in [0.15, 0.2) is 48.5 Å². The first-order chi connectivity index (χ1) is 12.5. The first kappa shape index (κ1) is 18.3. The third-order valence-electron chi connectivity index (χ3n) is 4.54. The highest BCUT2D eigenvalue weighted by Crippen LogP contribution is 2.49. The van der Waals surface area contributed by atoms with E-state index in [-0.39, 0.29) is 18.5 Å². The molecule has 0 radical (unpaired) electrons. The number of carbonyl (C=O) groups excluding carboxylic acids is 2. The summed E-state index contributed by atoms with van der Waals surface area (Å²) in [5.41, 5.74) is 1.10. The molecule has 2 aromatic rings. The van der Waals surface area contributed by atoms with Crippen LogP contribution in [-0.2, 0) is 26.3 Å². The SMILES string of the molecule is COc1ccccc1CNC(=O)COC(=O)C1(c2ccc(Cl)cc2)CC1. The second kappa shape index (κ2) is 7.79. The van der Waals surface area contributed by atoms with E-state index >= 15 is 0 Å². The van der Waals surface area contributed by atoms with Gasteiger partial charge < -0.3 is 14.8 Å². The number of halogens is 1. The molecule has 136 valence electrons. The maximum absolute atomic E-state index is 12.4. The Morgan fingerprint density at radius 3 is 2.46 bits per heavy atom. The molecule has 0 unspecified atom stereocenters. The summed E-state index contributed by atoms with van der Waals surface area (Å²) in [5, 5.41) is 3.35. The average Bonchev–Trinajstić information content (AvgIpc) is 3.47. The topological polar surface area (TPSA) is 64.6 Å². The molecule has 1 N–H and O–H groups in total. The minimum absolute atomic E-state index is 0.302. The lowest BCUT2D eigenvalue weighted by Gasteiger charge is -2.15. The van der Waals surface area contributed by atoms with Gasteiger partial charge in [-0.2, -0.15) is 0 Å².